The topological polar surface area (TPSA) is 0 Å². The second-order valence-electron chi connectivity index (χ2n) is 7.66. The van der Waals surface area contributed by atoms with Gasteiger partial charge >= 0.3 is 0 Å². The van der Waals surface area contributed by atoms with E-state index < -0.39 is 0 Å². The lowest BCUT2D eigenvalue weighted by Crippen LogP contribution is -2.02. The second kappa shape index (κ2) is 5.32. The molecule has 0 aromatic heterocycles. The van der Waals surface area contributed by atoms with Crippen LogP contribution >= 0.6 is 0 Å². The van der Waals surface area contributed by atoms with Gasteiger partial charge in [-0.25, -0.2) is 0 Å². The molecule has 0 saturated carbocycles. The Bertz CT molecular complexity index is 1320. The first-order chi connectivity index (χ1) is 12.9. The van der Waals surface area contributed by atoms with Crippen LogP contribution in [-0.2, 0) is 12.8 Å². The summed E-state index contributed by atoms with van der Waals surface area (Å²) in [4.78, 5) is 0. The van der Waals surface area contributed by atoms with Gasteiger partial charge < -0.3 is 0 Å². The molecule has 0 amide bonds. The number of fused-ring (bicyclic) bond motifs is 8. The van der Waals surface area contributed by atoms with Crippen molar-refractivity contribution in [3.05, 3.63) is 83.9 Å². The molecule has 0 radical (unpaired) electrons. The molecule has 0 heterocycles. The number of rotatable bonds is 0. The Morgan fingerprint density at radius 1 is 0.423 bits per heavy atom. The van der Waals surface area contributed by atoms with E-state index in [4.69, 9.17) is 0 Å². The van der Waals surface area contributed by atoms with Gasteiger partial charge in [-0.2, -0.15) is 0 Å². The summed E-state index contributed by atoms with van der Waals surface area (Å²) in [6.07, 6.45) is 5.15. The van der Waals surface area contributed by atoms with E-state index in [1.165, 1.54) is 68.8 Å². The molecule has 6 rings (SSSR count). The van der Waals surface area contributed by atoms with Crippen molar-refractivity contribution < 1.29 is 0 Å². The average Bonchev–Trinajstić information content (AvgIpc) is 2.71. The Balaban J connectivity index is 1.74. The van der Waals surface area contributed by atoms with E-state index in [0.29, 0.717) is 0 Å². The van der Waals surface area contributed by atoms with Gasteiger partial charge in [0, 0.05) is 0 Å². The monoisotopic (exact) mass is 332 g/mol. The van der Waals surface area contributed by atoms with Crippen LogP contribution in [0.3, 0.4) is 0 Å². The first kappa shape index (κ1) is 14.3. The molecule has 5 aromatic rings. The molecule has 1 aliphatic rings. The van der Waals surface area contributed by atoms with Gasteiger partial charge in [0.05, 0.1) is 0 Å². The van der Waals surface area contributed by atoms with Crippen LogP contribution in [0.2, 0.25) is 0 Å². The zero-order valence-corrected chi connectivity index (χ0v) is 14.8. The molecule has 0 aliphatic heterocycles. The van der Waals surface area contributed by atoms with Crippen LogP contribution < -0.4 is 0 Å². The molecule has 124 valence electrons. The van der Waals surface area contributed by atoms with Crippen LogP contribution in [0, 0.1) is 0 Å². The SMILES string of the molecule is c1ccc2c(c1)ccc1c2ccc2c3cc4c(cc3ccc21)CCCC4. The van der Waals surface area contributed by atoms with Gasteiger partial charge in [-0.15, -0.1) is 0 Å². The molecular weight excluding hydrogens is 312 g/mol. The highest BCUT2D eigenvalue weighted by molar-refractivity contribution is 6.22. The highest BCUT2D eigenvalue weighted by Crippen LogP contribution is 2.36. The molecule has 0 fully saturated rings. The summed E-state index contributed by atoms with van der Waals surface area (Å²) in [6, 6.07) is 27.5. The van der Waals surface area contributed by atoms with E-state index in [2.05, 4.69) is 72.8 Å². The molecule has 26 heavy (non-hydrogen) atoms. The molecule has 0 spiro atoms. The van der Waals surface area contributed by atoms with Crippen LogP contribution in [0.5, 0.6) is 0 Å². The standard InChI is InChI=1S/C26H20/c1-2-7-19-16-26-20(15-18(19)6-1)10-12-24-23-11-9-17-5-3-4-8-21(17)22(23)13-14-25(24)26/h3-5,8-16H,1-2,6-7H2. The van der Waals surface area contributed by atoms with Gasteiger partial charge in [-0.05, 0) is 79.9 Å². The minimum atomic E-state index is 1.24. The molecule has 0 heteroatoms. The zero-order chi connectivity index (χ0) is 17.1. The predicted octanol–water partition coefficient (Wildman–Crippen LogP) is 7.18. The van der Waals surface area contributed by atoms with Crippen LogP contribution in [0.4, 0.5) is 0 Å². The van der Waals surface area contributed by atoms with Crippen LogP contribution in [0.15, 0.2) is 72.8 Å². The van der Waals surface area contributed by atoms with Gasteiger partial charge in [-0.3, -0.25) is 0 Å². The molecule has 0 saturated heterocycles. The van der Waals surface area contributed by atoms with Crippen molar-refractivity contribution in [3.8, 4) is 0 Å². The summed E-state index contributed by atoms with van der Waals surface area (Å²) in [5.74, 6) is 0. The molecule has 0 atom stereocenters. The Labute approximate surface area is 153 Å². The maximum absolute atomic E-state index is 2.47. The van der Waals surface area contributed by atoms with E-state index in [-0.39, 0.29) is 0 Å². The van der Waals surface area contributed by atoms with Crippen molar-refractivity contribution in [3.63, 3.8) is 0 Å². The number of aryl methyl sites for hydroxylation is 2. The van der Waals surface area contributed by atoms with Crippen LogP contribution in [0.25, 0.3) is 43.1 Å². The highest BCUT2D eigenvalue weighted by atomic mass is 14.2. The van der Waals surface area contributed by atoms with E-state index in [9.17, 15) is 0 Å². The van der Waals surface area contributed by atoms with Gasteiger partial charge in [0.25, 0.3) is 0 Å². The van der Waals surface area contributed by atoms with E-state index in [0.717, 1.165) is 0 Å². The van der Waals surface area contributed by atoms with Gasteiger partial charge in [-0.1, -0.05) is 72.8 Å². The summed E-state index contributed by atoms with van der Waals surface area (Å²) < 4.78 is 0. The fourth-order valence-electron chi connectivity index (χ4n) is 4.88. The van der Waals surface area contributed by atoms with Gasteiger partial charge in [0.1, 0.15) is 0 Å². The Kier molecular flexibility index (Phi) is 2.93. The minimum Gasteiger partial charge on any atom is -0.0616 e. The van der Waals surface area contributed by atoms with E-state index >= 15 is 0 Å². The van der Waals surface area contributed by atoms with Crippen LogP contribution in [0.1, 0.15) is 24.0 Å². The third-order valence-corrected chi connectivity index (χ3v) is 6.20. The Hall–Kier alpha value is -2.86. The van der Waals surface area contributed by atoms with Crippen molar-refractivity contribution >= 4 is 43.1 Å². The zero-order valence-electron chi connectivity index (χ0n) is 14.8. The smallest absolute Gasteiger partial charge is 0.00987 e. The summed E-state index contributed by atoms with van der Waals surface area (Å²) in [7, 11) is 0. The highest BCUT2D eigenvalue weighted by Gasteiger charge is 2.12. The molecular formula is C26H20. The third kappa shape index (κ3) is 1.96. The molecule has 1 aliphatic carbocycles. The Morgan fingerprint density at radius 3 is 1.81 bits per heavy atom. The first-order valence-corrected chi connectivity index (χ1v) is 9.67. The lowest BCUT2D eigenvalue weighted by atomic mass is 9.87. The van der Waals surface area contributed by atoms with Crippen molar-refractivity contribution in [2.45, 2.75) is 25.7 Å². The third-order valence-electron chi connectivity index (χ3n) is 6.20. The van der Waals surface area contributed by atoms with Gasteiger partial charge in [0.2, 0.25) is 0 Å². The number of hydrogen-bond donors (Lipinski definition) is 0. The number of hydrogen-bond acceptors (Lipinski definition) is 0. The lowest BCUT2D eigenvalue weighted by Gasteiger charge is -2.18. The maximum atomic E-state index is 2.47. The molecule has 0 unspecified atom stereocenters. The van der Waals surface area contributed by atoms with Crippen molar-refractivity contribution in [1.82, 2.24) is 0 Å². The van der Waals surface area contributed by atoms with E-state index in [1.54, 1.807) is 11.1 Å². The average molecular weight is 332 g/mol. The quantitative estimate of drug-likeness (QED) is 0.263. The van der Waals surface area contributed by atoms with E-state index in [1.807, 2.05) is 0 Å². The maximum Gasteiger partial charge on any atom is -0.00987 e. The molecule has 0 bridgehead atoms. The second-order valence-corrected chi connectivity index (χ2v) is 7.66. The molecule has 0 N–H and O–H groups in total. The summed E-state index contributed by atoms with van der Waals surface area (Å²) in [5, 5.41) is 10.9. The fourth-order valence-corrected chi connectivity index (χ4v) is 4.88. The van der Waals surface area contributed by atoms with Crippen molar-refractivity contribution in [1.29, 1.82) is 0 Å². The predicted molar refractivity (Wildman–Crippen MR) is 113 cm³/mol. The summed E-state index contributed by atoms with van der Waals surface area (Å²) in [6.45, 7) is 0. The first-order valence-electron chi connectivity index (χ1n) is 9.67. The molecule has 0 nitrogen and oxygen atoms in total. The summed E-state index contributed by atoms with van der Waals surface area (Å²) >= 11 is 0. The van der Waals surface area contributed by atoms with Crippen LogP contribution in [-0.4, -0.2) is 0 Å². The normalized spacial score (nSPS) is 14.3. The largest absolute Gasteiger partial charge is 0.0616 e. The minimum absolute atomic E-state index is 1.24. The molecule has 5 aromatic carbocycles. The van der Waals surface area contributed by atoms with Crippen molar-refractivity contribution in [2.75, 3.05) is 0 Å². The number of benzene rings is 5. The van der Waals surface area contributed by atoms with Crippen molar-refractivity contribution in [2.24, 2.45) is 0 Å². The summed E-state index contributed by atoms with van der Waals surface area (Å²) in [5.41, 5.74) is 3.13. The Morgan fingerprint density at radius 2 is 1.00 bits per heavy atom. The van der Waals surface area contributed by atoms with Gasteiger partial charge in [0.15, 0.2) is 0 Å². The fraction of sp³-hybridized carbons (Fsp3) is 0.154. The lowest BCUT2D eigenvalue weighted by molar-refractivity contribution is 0.687.